The Morgan fingerprint density at radius 1 is 1.05 bits per heavy atom. The van der Waals surface area contributed by atoms with Crippen molar-refractivity contribution in [2.75, 3.05) is 13.2 Å². The Morgan fingerprint density at radius 3 is 2.30 bits per heavy atom. The van der Waals surface area contributed by atoms with E-state index in [1.807, 2.05) is 24.3 Å². The fraction of sp³-hybridized carbons (Fsp3) is 0.188. The predicted molar refractivity (Wildman–Crippen MR) is 81.2 cm³/mol. The molecule has 0 aliphatic carbocycles. The van der Waals surface area contributed by atoms with E-state index in [4.69, 9.17) is 9.84 Å². The average Bonchev–Trinajstić information content (AvgIpc) is 2.47. The number of ketones is 1. The summed E-state index contributed by atoms with van der Waals surface area (Å²) in [4.78, 5) is 11.9. The van der Waals surface area contributed by atoms with E-state index in [0.29, 0.717) is 17.7 Å². The van der Waals surface area contributed by atoms with Gasteiger partial charge in [0.15, 0.2) is 12.4 Å². The van der Waals surface area contributed by atoms with Gasteiger partial charge in [-0.05, 0) is 36.2 Å². The third-order valence-corrected chi connectivity index (χ3v) is 3.39. The Hall–Kier alpha value is -1.65. The molecule has 0 heterocycles. The molecular formula is C16H15BrO3. The normalized spacial score (nSPS) is 10.3. The molecule has 1 N–H and O–H groups in total. The van der Waals surface area contributed by atoms with Crippen molar-refractivity contribution in [3.05, 3.63) is 64.1 Å². The zero-order valence-electron chi connectivity index (χ0n) is 10.9. The van der Waals surface area contributed by atoms with Gasteiger partial charge in [-0.3, -0.25) is 4.79 Å². The smallest absolute Gasteiger partial charge is 0.200 e. The van der Waals surface area contributed by atoms with Crippen molar-refractivity contribution in [3.63, 3.8) is 0 Å². The number of benzene rings is 2. The molecule has 20 heavy (non-hydrogen) atoms. The zero-order valence-corrected chi connectivity index (χ0v) is 12.5. The second-order valence-electron chi connectivity index (χ2n) is 4.34. The lowest BCUT2D eigenvalue weighted by Crippen LogP contribution is -2.11. The maximum Gasteiger partial charge on any atom is 0.200 e. The fourth-order valence-corrected chi connectivity index (χ4v) is 2.01. The molecule has 0 saturated carbocycles. The van der Waals surface area contributed by atoms with Gasteiger partial charge in [0.25, 0.3) is 0 Å². The number of halogens is 1. The maximum absolute atomic E-state index is 11.9. The highest BCUT2D eigenvalue weighted by molar-refractivity contribution is 9.10. The monoisotopic (exact) mass is 334 g/mol. The van der Waals surface area contributed by atoms with E-state index in [1.54, 1.807) is 24.3 Å². The van der Waals surface area contributed by atoms with Gasteiger partial charge in [0.05, 0.1) is 0 Å². The summed E-state index contributed by atoms with van der Waals surface area (Å²) < 4.78 is 6.40. The van der Waals surface area contributed by atoms with Crippen molar-refractivity contribution in [3.8, 4) is 5.75 Å². The van der Waals surface area contributed by atoms with Gasteiger partial charge >= 0.3 is 0 Å². The van der Waals surface area contributed by atoms with Crippen LogP contribution in [0.1, 0.15) is 15.9 Å². The maximum atomic E-state index is 11.9. The van der Waals surface area contributed by atoms with Gasteiger partial charge < -0.3 is 9.84 Å². The molecule has 2 aromatic rings. The Bertz CT molecular complexity index is 561. The fourth-order valence-electron chi connectivity index (χ4n) is 1.75. The molecule has 0 spiro atoms. The Labute approximate surface area is 126 Å². The average molecular weight is 335 g/mol. The van der Waals surface area contributed by atoms with E-state index < -0.39 is 0 Å². The number of rotatable bonds is 6. The van der Waals surface area contributed by atoms with Crippen LogP contribution in [0.15, 0.2) is 53.0 Å². The third-order valence-electron chi connectivity index (χ3n) is 2.86. The molecule has 0 saturated heterocycles. The minimum absolute atomic E-state index is 0.0149. The van der Waals surface area contributed by atoms with E-state index in [0.717, 1.165) is 10.0 Å². The van der Waals surface area contributed by atoms with Gasteiger partial charge in [0.2, 0.25) is 0 Å². The van der Waals surface area contributed by atoms with Crippen molar-refractivity contribution >= 4 is 21.7 Å². The van der Waals surface area contributed by atoms with Crippen LogP contribution in [-0.4, -0.2) is 24.1 Å². The van der Waals surface area contributed by atoms with Crippen LogP contribution in [0.5, 0.6) is 5.75 Å². The topological polar surface area (TPSA) is 46.5 Å². The highest BCUT2D eigenvalue weighted by atomic mass is 79.9. The first-order valence-corrected chi connectivity index (χ1v) is 7.09. The minimum atomic E-state index is -0.0584. The van der Waals surface area contributed by atoms with Gasteiger partial charge in [-0.15, -0.1) is 0 Å². The van der Waals surface area contributed by atoms with Crippen molar-refractivity contribution in [2.45, 2.75) is 6.42 Å². The van der Waals surface area contributed by atoms with Crippen LogP contribution in [0, 0.1) is 0 Å². The molecule has 2 rings (SSSR count). The summed E-state index contributed by atoms with van der Waals surface area (Å²) in [6, 6.07) is 14.6. The van der Waals surface area contributed by atoms with Crippen LogP contribution in [0.4, 0.5) is 0 Å². The molecule has 104 valence electrons. The molecule has 0 aromatic heterocycles. The van der Waals surface area contributed by atoms with Gasteiger partial charge in [-0.1, -0.05) is 40.2 Å². The van der Waals surface area contributed by atoms with E-state index >= 15 is 0 Å². The zero-order chi connectivity index (χ0) is 14.4. The van der Waals surface area contributed by atoms with Crippen molar-refractivity contribution < 1.29 is 14.6 Å². The number of ether oxygens (including phenoxy) is 1. The first-order valence-electron chi connectivity index (χ1n) is 6.30. The molecule has 0 fully saturated rings. The van der Waals surface area contributed by atoms with Crippen LogP contribution in [-0.2, 0) is 6.42 Å². The lowest BCUT2D eigenvalue weighted by molar-refractivity contribution is 0.0921. The second kappa shape index (κ2) is 7.22. The summed E-state index contributed by atoms with van der Waals surface area (Å²) in [5.74, 6) is 0.592. The van der Waals surface area contributed by atoms with Crippen LogP contribution >= 0.6 is 15.9 Å². The summed E-state index contributed by atoms with van der Waals surface area (Å²) >= 11 is 3.33. The second-order valence-corrected chi connectivity index (χ2v) is 5.25. The molecule has 3 nitrogen and oxygen atoms in total. The highest BCUT2D eigenvalue weighted by Gasteiger charge is 2.06. The molecule has 0 aliphatic rings. The van der Waals surface area contributed by atoms with Crippen molar-refractivity contribution in [1.82, 2.24) is 0 Å². The van der Waals surface area contributed by atoms with Crippen molar-refractivity contribution in [2.24, 2.45) is 0 Å². The molecule has 0 radical (unpaired) electrons. The summed E-state index contributed by atoms with van der Waals surface area (Å²) in [5, 5.41) is 8.83. The molecule has 0 amide bonds. The lowest BCUT2D eigenvalue weighted by atomic mass is 10.1. The molecule has 4 heteroatoms. The first-order chi connectivity index (χ1) is 9.69. The summed E-state index contributed by atoms with van der Waals surface area (Å²) in [6.45, 7) is 0.142. The quantitative estimate of drug-likeness (QED) is 0.825. The molecule has 0 bridgehead atoms. The molecule has 0 atom stereocenters. The van der Waals surface area contributed by atoms with Crippen LogP contribution in [0.3, 0.4) is 0 Å². The van der Waals surface area contributed by atoms with E-state index in [9.17, 15) is 4.79 Å². The number of Topliss-reactive ketones (excluding diaryl/α,β-unsaturated/α-hetero) is 1. The molecular weight excluding hydrogens is 320 g/mol. The van der Waals surface area contributed by atoms with Crippen LogP contribution in [0.25, 0.3) is 0 Å². The Balaban J connectivity index is 1.91. The molecule has 0 unspecified atom stereocenters. The van der Waals surface area contributed by atoms with Gasteiger partial charge in [-0.25, -0.2) is 0 Å². The molecule has 0 aliphatic heterocycles. The largest absolute Gasteiger partial charge is 0.485 e. The van der Waals surface area contributed by atoms with E-state index in [1.165, 1.54) is 0 Å². The Kier molecular flexibility index (Phi) is 5.32. The summed E-state index contributed by atoms with van der Waals surface area (Å²) in [5.41, 5.74) is 1.67. The molecule has 2 aromatic carbocycles. The van der Waals surface area contributed by atoms with Gasteiger partial charge in [-0.2, -0.15) is 0 Å². The number of hydrogen-bond donors (Lipinski definition) is 1. The van der Waals surface area contributed by atoms with E-state index in [-0.39, 0.29) is 19.0 Å². The van der Waals surface area contributed by atoms with Gasteiger partial charge in [0, 0.05) is 16.6 Å². The minimum Gasteiger partial charge on any atom is -0.485 e. The lowest BCUT2D eigenvalue weighted by Gasteiger charge is -2.06. The summed E-state index contributed by atoms with van der Waals surface area (Å²) in [6.07, 6.45) is 0.623. The standard InChI is InChI=1S/C16H15BrO3/c17-14-5-3-13(4-6-14)16(19)11-20-15-7-1-12(2-8-15)9-10-18/h1-8,18H,9-11H2. The SMILES string of the molecule is O=C(COc1ccc(CCO)cc1)c1ccc(Br)cc1. The predicted octanol–water partition coefficient (Wildman–Crippen LogP) is 3.25. The number of hydrogen-bond acceptors (Lipinski definition) is 3. The number of aliphatic hydroxyl groups is 1. The van der Waals surface area contributed by atoms with E-state index in [2.05, 4.69) is 15.9 Å². The first kappa shape index (κ1) is 14.8. The number of carbonyl (C=O) groups is 1. The number of carbonyl (C=O) groups excluding carboxylic acids is 1. The van der Waals surface area contributed by atoms with Gasteiger partial charge in [0.1, 0.15) is 5.75 Å². The van der Waals surface area contributed by atoms with Crippen molar-refractivity contribution in [1.29, 1.82) is 0 Å². The van der Waals surface area contributed by atoms with Crippen LogP contribution < -0.4 is 4.74 Å². The highest BCUT2D eigenvalue weighted by Crippen LogP contribution is 2.14. The summed E-state index contributed by atoms with van der Waals surface area (Å²) in [7, 11) is 0. The van der Waals surface area contributed by atoms with Crippen LogP contribution in [0.2, 0.25) is 0 Å². The third kappa shape index (κ3) is 4.18. The Morgan fingerprint density at radius 2 is 1.70 bits per heavy atom. The number of aliphatic hydroxyl groups excluding tert-OH is 1.